The summed E-state index contributed by atoms with van der Waals surface area (Å²) < 4.78 is 0.746. The Morgan fingerprint density at radius 3 is 2.30 bits per heavy atom. The second-order valence-corrected chi connectivity index (χ2v) is 14.2. The standard InChI is InChI=1S/C31H48ClIN14O7/c1-14-25(49)44-21(12-39-23(48)9-15(35)3-2-7-34)27(51)45-22(13-41-31(54)43-16-4-5-18(33)17(32)10-16)28(52)47-24(20-6-8-38-30(37)46-20)29(53)40-11-19(36)26(50)42-14/h4-5,10,14-15,19-22,24H,2-3,6-9,11-13,34-36H2,1H3,(H,39,48)(H,40,53)(H,42,50)(H,44,49)(H,45,51)(H,47,52)(H3,37,38,46)(H2,41,43,54)/t14-,15-,19?,20?,21-,22?,24-/m0/s1. The Morgan fingerprint density at radius 1 is 0.963 bits per heavy atom. The van der Waals surface area contributed by atoms with Crippen molar-refractivity contribution in [2.24, 2.45) is 27.9 Å². The Labute approximate surface area is 329 Å². The largest absolute Gasteiger partial charge is 0.370 e. The third-order valence-corrected chi connectivity index (χ3v) is 9.84. The average Bonchev–Trinajstić information content (AvgIpc) is 3.12. The van der Waals surface area contributed by atoms with Crippen LogP contribution in [0, 0.1) is 3.57 Å². The van der Waals surface area contributed by atoms with Crippen LogP contribution in [-0.4, -0.2) is 122 Å². The van der Waals surface area contributed by atoms with E-state index in [4.69, 9.17) is 34.5 Å². The first-order valence-corrected chi connectivity index (χ1v) is 18.6. The van der Waals surface area contributed by atoms with Gasteiger partial charge in [0, 0.05) is 47.9 Å². The summed E-state index contributed by atoms with van der Waals surface area (Å²) in [5.74, 6) is -4.78. The molecular weight excluding hydrogens is 843 g/mol. The molecule has 54 heavy (non-hydrogen) atoms. The molecule has 298 valence electrons. The lowest BCUT2D eigenvalue weighted by molar-refractivity contribution is -0.135. The number of nitrogens with one attached hydrogen (secondary N) is 9. The topological polar surface area (TPSA) is 344 Å². The van der Waals surface area contributed by atoms with Gasteiger partial charge in [0.1, 0.15) is 30.2 Å². The number of aliphatic imine (C=N–C) groups is 1. The van der Waals surface area contributed by atoms with Gasteiger partial charge in [-0.15, -0.1) is 0 Å². The van der Waals surface area contributed by atoms with Gasteiger partial charge in [-0.3, -0.25) is 33.8 Å². The summed E-state index contributed by atoms with van der Waals surface area (Å²) in [5, 5.41) is 23.4. The lowest BCUT2D eigenvalue weighted by Gasteiger charge is -2.32. The molecule has 17 N–H and O–H groups in total. The molecule has 0 bridgehead atoms. The number of hydrogen-bond donors (Lipinski definition) is 13. The highest BCUT2D eigenvalue weighted by Crippen LogP contribution is 2.22. The van der Waals surface area contributed by atoms with E-state index in [1.165, 1.54) is 13.0 Å². The smallest absolute Gasteiger partial charge is 0.319 e. The van der Waals surface area contributed by atoms with E-state index >= 15 is 0 Å². The number of nitrogens with two attached hydrogens (primary N) is 4. The molecule has 3 rings (SSSR count). The van der Waals surface area contributed by atoms with Crippen molar-refractivity contribution in [3.8, 4) is 0 Å². The molecule has 1 aromatic rings. The minimum absolute atomic E-state index is 0.0189. The predicted octanol–water partition coefficient (Wildman–Crippen LogP) is -4.27. The van der Waals surface area contributed by atoms with Crippen molar-refractivity contribution < 1.29 is 33.6 Å². The Kier molecular flexibility index (Phi) is 17.4. The van der Waals surface area contributed by atoms with Crippen molar-refractivity contribution in [1.29, 1.82) is 0 Å². The summed E-state index contributed by atoms with van der Waals surface area (Å²) in [6.45, 7) is 0.595. The van der Waals surface area contributed by atoms with Crippen molar-refractivity contribution in [1.82, 2.24) is 42.5 Å². The van der Waals surface area contributed by atoms with Gasteiger partial charge < -0.3 is 70.8 Å². The van der Waals surface area contributed by atoms with Gasteiger partial charge in [-0.25, -0.2) is 4.79 Å². The summed E-state index contributed by atoms with van der Waals surface area (Å²) >= 11 is 8.19. The van der Waals surface area contributed by atoms with Gasteiger partial charge in [-0.2, -0.15) is 0 Å². The lowest BCUT2D eigenvalue weighted by Crippen LogP contribution is -2.66. The fraction of sp³-hybridized carbons (Fsp3) is 0.548. The molecule has 2 aliphatic rings. The van der Waals surface area contributed by atoms with E-state index < -0.39 is 96.9 Å². The van der Waals surface area contributed by atoms with Crippen molar-refractivity contribution in [3.05, 3.63) is 26.8 Å². The van der Waals surface area contributed by atoms with Crippen LogP contribution in [0.25, 0.3) is 0 Å². The number of nitrogens with zero attached hydrogens (tertiary/aromatic N) is 1. The zero-order chi connectivity index (χ0) is 39.9. The molecule has 0 spiro atoms. The third kappa shape index (κ3) is 14.0. The fourth-order valence-corrected chi connectivity index (χ4v) is 5.74. The molecular formula is C31H48ClIN14O7. The Hall–Kier alpha value is -4.52. The maximum atomic E-state index is 13.9. The van der Waals surface area contributed by atoms with Crippen LogP contribution in [0.15, 0.2) is 23.2 Å². The van der Waals surface area contributed by atoms with Crippen LogP contribution in [0.2, 0.25) is 5.02 Å². The second-order valence-electron chi connectivity index (χ2n) is 12.7. The number of rotatable bonds is 11. The predicted molar refractivity (Wildman–Crippen MR) is 207 cm³/mol. The van der Waals surface area contributed by atoms with Crippen LogP contribution in [-0.2, 0) is 28.8 Å². The van der Waals surface area contributed by atoms with Gasteiger partial charge in [0.2, 0.25) is 35.4 Å². The van der Waals surface area contributed by atoms with Gasteiger partial charge >= 0.3 is 6.03 Å². The highest BCUT2D eigenvalue weighted by molar-refractivity contribution is 14.1. The van der Waals surface area contributed by atoms with Crippen LogP contribution >= 0.6 is 34.2 Å². The molecule has 3 unspecified atom stereocenters. The summed E-state index contributed by atoms with van der Waals surface area (Å²) in [5.41, 5.74) is 23.7. The summed E-state index contributed by atoms with van der Waals surface area (Å²) in [7, 11) is 0. The molecule has 1 fully saturated rings. The molecule has 21 nitrogen and oxygen atoms in total. The van der Waals surface area contributed by atoms with E-state index in [0.717, 1.165) is 3.57 Å². The normalized spacial score (nSPS) is 24.9. The van der Waals surface area contributed by atoms with Crippen LogP contribution in [0.3, 0.4) is 0 Å². The van der Waals surface area contributed by atoms with Gasteiger partial charge in [0.25, 0.3) is 0 Å². The first kappa shape index (κ1) is 43.9. The molecule has 1 aromatic carbocycles. The van der Waals surface area contributed by atoms with Crippen molar-refractivity contribution >= 4 is 87.3 Å². The number of carbonyl (C=O) groups excluding carboxylic acids is 7. The quantitative estimate of drug-likeness (QED) is 0.0940. The second kappa shape index (κ2) is 21.4. The molecule has 2 aliphatic heterocycles. The van der Waals surface area contributed by atoms with E-state index in [9.17, 15) is 33.6 Å². The number of anilines is 1. The highest BCUT2D eigenvalue weighted by atomic mass is 127. The summed E-state index contributed by atoms with van der Waals surface area (Å²) in [4.78, 5) is 97.0. The van der Waals surface area contributed by atoms with E-state index in [1.54, 1.807) is 12.1 Å². The average molecular weight is 891 g/mol. The number of urea groups is 1. The van der Waals surface area contributed by atoms with Crippen LogP contribution in [0.4, 0.5) is 10.5 Å². The molecule has 23 heteroatoms. The van der Waals surface area contributed by atoms with Gasteiger partial charge in [0.15, 0.2) is 5.96 Å². The van der Waals surface area contributed by atoms with Gasteiger partial charge in [-0.05, 0) is 73.5 Å². The highest BCUT2D eigenvalue weighted by Gasteiger charge is 2.36. The fourth-order valence-electron chi connectivity index (χ4n) is 5.22. The van der Waals surface area contributed by atoms with Crippen molar-refractivity contribution in [2.75, 3.05) is 38.0 Å². The monoisotopic (exact) mass is 890 g/mol. The number of guanidine groups is 1. The van der Waals surface area contributed by atoms with E-state index in [-0.39, 0.29) is 31.9 Å². The Balaban J connectivity index is 1.92. The number of benzene rings is 1. The molecule has 0 saturated carbocycles. The number of halogens is 2. The van der Waals surface area contributed by atoms with Crippen LogP contribution in [0.5, 0.6) is 0 Å². The number of amides is 8. The van der Waals surface area contributed by atoms with Crippen LogP contribution < -0.4 is 70.8 Å². The van der Waals surface area contributed by atoms with E-state index in [1.807, 2.05) is 22.6 Å². The maximum absolute atomic E-state index is 13.9. The molecule has 2 heterocycles. The number of carbonyl (C=O) groups is 7. The lowest BCUT2D eigenvalue weighted by atomic mass is 10.0. The number of hydrogen-bond acceptors (Lipinski definition) is 13. The Bertz CT molecular complexity index is 1590. The van der Waals surface area contributed by atoms with E-state index in [0.29, 0.717) is 30.1 Å². The molecule has 0 aliphatic carbocycles. The summed E-state index contributed by atoms with van der Waals surface area (Å²) in [6.07, 6.45) is 1.23. The zero-order valence-corrected chi connectivity index (χ0v) is 32.4. The van der Waals surface area contributed by atoms with Gasteiger partial charge in [0.05, 0.1) is 11.1 Å². The first-order valence-electron chi connectivity index (χ1n) is 17.1. The van der Waals surface area contributed by atoms with Gasteiger partial charge in [-0.1, -0.05) is 11.6 Å². The summed E-state index contributed by atoms with van der Waals surface area (Å²) in [6, 6.07) is -4.22. The first-order chi connectivity index (χ1) is 25.6. The van der Waals surface area contributed by atoms with E-state index in [2.05, 4.69) is 52.8 Å². The SMILES string of the molecule is C[C@@H]1NC(=O)C(N)CNC(=O)[C@H](C2CCN=C(N)N2)NC(=O)C(CNC(=O)Nc2ccc(I)c(Cl)c2)NC(=O)[C@H](CNC(=O)C[C@@H](N)CCCN)NC1=O. The molecule has 8 amide bonds. The van der Waals surface area contributed by atoms with Crippen molar-refractivity contribution in [2.45, 2.75) is 74.9 Å². The zero-order valence-electron chi connectivity index (χ0n) is 29.5. The molecule has 0 radical (unpaired) electrons. The third-order valence-electron chi connectivity index (χ3n) is 8.26. The maximum Gasteiger partial charge on any atom is 0.319 e. The minimum Gasteiger partial charge on any atom is -0.370 e. The molecule has 0 aromatic heterocycles. The van der Waals surface area contributed by atoms with Crippen molar-refractivity contribution in [3.63, 3.8) is 0 Å². The Morgan fingerprint density at radius 2 is 1.63 bits per heavy atom. The molecule has 7 atom stereocenters. The minimum atomic E-state index is -1.56. The molecule has 1 saturated heterocycles. The van der Waals surface area contributed by atoms with Crippen LogP contribution in [0.1, 0.15) is 32.6 Å².